The van der Waals surface area contributed by atoms with Crippen molar-refractivity contribution >= 4 is 0 Å². The van der Waals surface area contributed by atoms with Crippen LogP contribution < -0.4 is 0 Å². The molecule has 72 valence electrons. The Morgan fingerprint density at radius 1 is 1.62 bits per heavy atom. The number of ether oxygens (including phenoxy) is 1. The molecule has 1 aromatic heterocycles. The standard InChI is InChI=1S/C9H15N3O/c1-9(2,3)8-10-6-12(11-8)4-7-5-13-7/h6-7H,4-5H2,1-3H3. The van der Waals surface area contributed by atoms with Crippen LogP contribution in [0.15, 0.2) is 6.33 Å². The molecule has 0 spiro atoms. The lowest BCUT2D eigenvalue weighted by molar-refractivity contribution is 0.371. The zero-order valence-electron chi connectivity index (χ0n) is 8.32. The van der Waals surface area contributed by atoms with Gasteiger partial charge in [0.25, 0.3) is 0 Å². The van der Waals surface area contributed by atoms with E-state index in [9.17, 15) is 0 Å². The molecule has 0 aromatic carbocycles. The fraction of sp³-hybridized carbons (Fsp3) is 0.778. The van der Waals surface area contributed by atoms with Gasteiger partial charge in [0.05, 0.1) is 13.2 Å². The molecule has 13 heavy (non-hydrogen) atoms. The Morgan fingerprint density at radius 3 is 2.77 bits per heavy atom. The molecule has 0 amide bonds. The topological polar surface area (TPSA) is 43.2 Å². The molecule has 1 fully saturated rings. The van der Waals surface area contributed by atoms with Crippen LogP contribution in [0.2, 0.25) is 0 Å². The third-order valence-corrected chi connectivity index (χ3v) is 2.00. The summed E-state index contributed by atoms with van der Waals surface area (Å²) in [5.74, 6) is 0.896. The summed E-state index contributed by atoms with van der Waals surface area (Å²) in [7, 11) is 0. The quantitative estimate of drug-likeness (QED) is 0.639. The average Bonchev–Trinajstić information content (AvgIpc) is 2.63. The minimum absolute atomic E-state index is 0.0374. The van der Waals surface area contributed by atoms with E-state index in [1.807, 2.05) is 4.68 Å². The summed E-state index contributed by atoms with van der Waals surface area (Å²) < 4.78 is 6.98. The summed E-state index contributed by atoms with van der Waals surface area (Å²) in [5.41, 5.74) is 0.0374. The van der Waals surface area contributed by atoms with Crippen LogP contribution in [0.5, 0.6) is 0 Å². The Labute approximate surface area is 77.9 Å². The van der Waals surface area contributed by atoms with E-state index in [0.29, 0.717) is 6.10 Å². The molecule has 1 atom stereocenters. The molecule has 4 nitrogen and oxygen atoms in total. The van der Waals surface area contributed by atoms with Crippen LogP contribution in [0.3, 0.4) is 0 Å². The smallest absolute Gasteiger partial charge is 0.155 e. The van der Waals surface area contributed by atoms with Crippen LogP contribution in [-0.4, -0.2) is 27.5 Å². The Hall–Kier alpha value is -0.900. The molecule has 4 heteroatoms. The number of hydrogen-bond acceptors (Lipinski definition) is 3. The minimum Gasteiger partial charge on any atom is -0.371 e. The first kappa shape index (κ1) is 8.69. The first-order valence-corrected chi connectivity index (χ1v) is 4.57. The van der Waals surface area contributed by atoms with Crippen molar-refractivity contribution in [1.82, 2.24) is 14.8 Å². The van der Waals surface area contributed by atoms with Crippen molar-refractivity contribution in [3.8, 4) is 0 Å². The van der Waals surface area contributed by atoms with Gasteiger partial charge in [-0.15, -0.1) is 0 Å². The SMILES string of the molecule is CC(C)(C)c1ncn(CC2CO2)n1. The Balaban J connectivity index is 2.08. The zero-order valence-corrected chi connectivity index (χ0v) is 8.32. The van der Waals surface area contributed by atoms with E-state index in [1.54, 1.807) is 6.33 Å². The largest absolute Gasteiger partial charge is 0.371 e. The fourth-order valence-electron chi connectivity index (χ4n) is 1.11. The number of aromatic nitrogens is 3. The fourth-order valence-corrected chi connectivity index (χ4v) is 1.11. The molecule has 0 aliphatic carbocycles. The van der Waals surface area contributed by atoms with Gasteiger partial charge >= 0.3 is 0 Å². The molecule has 0 saturated carbocycles. The van der Waals surface area contributed by atoms with E-state index in [1.165, 1.54) is 0 Å². The second-order valence-electron chi connectivity index (χ2n) is 4.50. The van der Waals surface area contributed by atoms with Gasteiger partial charge in [0, 0.05) is 5.41 Å². The lowest BCUT2D eigenvalue weighted by atomic mass is 9.96. The Kier molecular flexibility index (Phi) is 1.87. The summed E-state index contributed by atoms with van der Waals surface area (Å²) in [6.07, 6.45) is 2.15. The normalized spacial score (nSPS) is 21.9. The first-order valence-electron chi connectivity index (χ1n) is 4.57. The molecule has 2 heterocycles. The maximum Gasteiger partial charge on any atom is 0.155 e. The van der Waals surface area contributed by atoms with Crippen molar-refractivity contribution in [2.24, 2.45) is 0 Å². The van der Waals surface area contributed by atoms with E-state index in [2.05, 4.69) is 30.9 Å². The van der Waals surface area contributed by atoms with Crippen molar-refractivity contribution in [3.63, 3.8) is 0 Å². The van der Waals surface area contributed by atoms with Gasteiger partial charge in [-0.05, 0) is 0 Å². The molecule has 2 rings (SSSR count). The van der Waals surface area contributed by atoms with Gasteiger partial charge in [-0.1, -0.05) is 20.8 Å². The van der Waals surface area contributed by atoms with Gasteiger partial charge in [-0.25, -0.2) is 9.67 Å². The van der Waals surface area contributed by atoms with Crippen molar-refractivity contribution in [3.05, 3.63) is 12.2 Å². The van der Waals surface area contributed by atoms with E-state index in [0.717, 1.165) is 19.0 Å². The number of hydrogen-bond donors (Lipinski definition) is 0. The molecule has 1 aliphatic heterocycles. The number of nitrogens with zero attached hydrogens (tertiary/aromatic N) is 3. The lowest BCUT2D eigenvalue weighted by Crippen LogP contribution is -2.14. The first-order chi connectivity index (χ1) is 6.05. The van der Waals surface area contributed by atoms with Crippen molar-refractivity contribution in [1.29, 1.82) is 0 Å². The molecule has 0 N–H and O–H groups in total. The highest BCUT2D eigenvalue weighted by molar-refractivity contribution is 4.98. The molecule has 1 saturated heterocycles. The van der Waals surface area contributed by atoms with Crippen LogP contribution in [0.25, 0.3) is 0 Å². The van der Waals surface area contributed by atoms with Gasteiger partial charge in [-0.2, -0.15) is 5.10 Å². The summed E-state index contributed by atoms with van der Waals surface area (Å²) in [4.78, 5) is 4.26. The third kappa shape index (κ3) is 2.06. The highest BCUT2D eigenvalue weighted by atomic mass is 16.6. The molecule has 0 bridgehead atoms. The van der Waals surface area contributed by atoms with Gasteiger partial charge in [0.1, 0.15) is 12.4 Å². The van der Waals surface area contributed by atoms with Crippen LogP contribution in [0.4, 0.5) is 0 Å². The van der Waals surface area contributed by atoms with E-state index in [-0.39, 0.29) is 5.41 Å². The molecule has 1 aromatic rings. The second-order valence-corrected chi connectivity index (χ2v) is 4.50. The maximum atomic E-state index is 5.12. The second kappa shape index (κ2) is 2.80. The Morgan fingerprint density at radius 2 is 2.31 bits per heavy atom. The third-order valence-electron chi connectivity index (χ3n) is 2.00. The van der Waals surface area contributed by atoms with Crippen molar-refractivity contribution < 1.29 is 4.74 Å². The lowest BCUT2D eigenvalue weighted by Gasteiger charge is -2.12. The summed E-state index contributed by atoms with van der Waals surface area (Å²) in [6, 6.07) is 0. The molecule has 1 aliphatic rings. The summed E-state index contributed by atoms with van der Waals surface area (Å²) >= 11 is 0. The average molecular weight is 181 g/mol. The molecular formula is C9H15N3O. The van der Waals surface area contributed by atoms with Gasteiger partial charge in [0.15, 0.2) is 5.82 Å². The highest BCUT2D eigenvalue weighted by Gasteiger charge is 2.25. The van der Waals surface area contributed by atoms with Gasteiger partial charge in [0.2, 0.25) is 0 Å². The molecule has 1 unspecified atom stereocenters. The zero-order chi connectivity index (χ0) is 9.47. The maximum absolute atomic E-state index is 5.12. The Bertz CT molecular complexity index is 296. The predicted octanol–water partition coefficient (Wildman–Crippen LogP) is 0.974. The highest BCUT2D eigenvalue weighted by Crippen LogP contribution is 2.18. The van der Waals surface area contributed by atoms with Crippen molar-refractivity contribution in [2.75, 3.05) is 6.61 Å². The molecule has 0 radical (unpaired) electrons. The molecular weight excluding hydrogens is 166 g/mol. The van der Waals surface area contributed by atoms with Crippen molar-refractivity contribution in [2.45, 2.75) is 38.8 Å². The van der Waals surface area contributed by atoms with Crippen LogP contribution in [0, 0.1) is 0 Å². The monoisotopic (exact) mass is 181 g/mol. The number of epoxide rings is 1. The predicted molar refractivity (Wildman–Crippen MR) is 48.5 cm³/mol. The number of rotatable bonds is 2. The summed E-state index contributed by atoms with van der Waals surface area (Å²) in [5, 5.41) is 4.39. The van der Waals surface area contributed by atoms with Crippen LogP contribution in [0.1, 0.15) is 26.6 Å². The van der Waals surface area contributed by atoms with Crippen LogP contribution in [-0.2, 0) is 16.7 Å². The van der Waals surface area contributed by atoms with Gasteiger partial charge < -0.3 is 4.74 Å². The van der Waals surface area contributed by atoms with Gasteiger partial charge in [-0.3, -0.25) is 0 Å². The van der Waals surface area contributed by atoms with E-state index < -0.39 is 0 Å². The van der Waals surface area contributed by atoms with E-state index >= 15 is 0 Å². The van der Waals surface area contributed by atoms with E-state index in [4.69, 9.17) is 4.74 Å². The minimum atomic E-state index is 0.0374. The summed E-state index contributed by atoms with van der Waals surface area (Å²) in [6.45, 7) is 8.04. The van der Waals surface area contributed by atoms with Crippen LogP contribution >= 0.6 is 0 Å².